The molecule has 0 aromatic rings. The molecule has 0 unspecified atom stereocenters. The van der Waals surface area contributed by atoms with Gasteiger partial charge in [-0.15, -0.1) is 0 Å². The molecule has 0 aromatic heterocycles. The summed E-state index contributed by atoms with van der Waals surface area (Å²) < 4.78 is 0. The molecule has 0 radical (unpaired) electrons. The van der Waals surface area contributed by atoms with Crippen LogP contribution in [0.4, 0.5) is 0 Å². The Bertz CT molecular complexity index is 313. The average Bonchev–Trinajstić information content (AvgIpc) is 2.32. The van der Waals surface area contributed by atoms with Gasteiger partial charge in [-0.25, -0.2) is 5.01 Å². The Balaban J connectivity index is 2.28. The molecule has 1 aliphatic rings. The zero-order valence-electron chi connectivity index (χ0n) is 10.7. The molecular formula is C12H21N3O2. The Kier molecular flexibility index (Phi) is 5.66. The van der Waals surface area contributed by atoms with Crippen LogP contribution in [0.25, 0.3) is 0 Å². The van der Waals surface area contributed by atoms with Gasteiger partial charge in [-0.1, -0.05) is 26.2 Å². The molecule has 0 saturated heterocycles. The molecule has 0 aromatic carbocycles. The van der Waals surface area contributed by atoms with Crippen molar-refractivity contribution in [2.45, 2.75) is 45.4 Å². The second kappa shape index (κ2) is 7.04. The van der Waals surface area contributed by atoms with Gasteiger partial charge in [0.1, 0.15) is 5.71 Å². The van der Waals surface area contributed by atoms with Crippen molar-refractivity contribution in [3.63, 3.8) is 0 Å². The van der Waals surface area contributed by atoms with Crippen molar-refractivity contribution < 1.29 is 9.59 Å². The molecule has 5 nitrogen and oxygen atoms in total. The number of hydrazone groups is 1. The van der Waals surface area contributed by atoms with Gasteiger partial charge in [-0.2, -0.15) is 5.10 Å². The van der Waals surface area contributed by atoms with Crippen LogP contribution in [-0.2, 0) is 9.59 Å². The highest BCUT2D eigenvalue weighted by molar-refractivity contribution is 6.39. The molecule has 1 N–H and O–H groups in total. The SMILES string of the molecule is CCCCCCNC(=O)C1=NN(C)C(=O)CC1. The standard InChI is InChI=1S/C12H21N3O2/c1-3-4-5-6-9-13-12(17)10-7-8-11(16)15(2)14-10/h3-9H2,1-2H3,(H,13,17). The van der Waals surface area contributed by atoms with E-state index in [-0.39, 0.29) is 11.8 Å². The molecule has 0 atom stereocenters. The van der Waals surface area contributed by atoms with Crippen molar-refractivity contribution in [1.82, 2.24) is 10.3 Å². The minimum Gasteiger partial charge on any atom is -0.351 e. The number of rotatable bonds is 6. The monoisotopic (exact) mass is 239 g/mol. The maximum absolute atomic E-state index is 11.7. The molecule has 0 bridgehead atoms. The second-order valence-electron chi connectivity index (χ2n) is 4.28. The van der Waals surface area contributed by atoms with Crippen LogP contribution in [0.15, 0.2) is 5.10 Å². The van der Waals surface area contributed by atoms with Gasteiger partial charge in [0, 0.05) is 26.4 Å². The summed E-state index contributed by atoms with van der Waals surface area (Å²) in [6, 6.07) is 0. The molecule has 0 saturated carbocycles. The highest BCUT2D eigenvalue weighted by Gasteiger charge is 2.21. The molecule has 1 heterocycles. The van der Waals surface area contributed by atoms with Gasteiger partial charge < -0.3 is 5.32 Å². The van der Waals surface area contributed by atoms with Crippen LogP contribution in [0.3, 0.4) is 0 Å². The van der Waals surface area contributed by atoms with Crippen molar-refractivity contribution in [2.24, 2.45) is 5.10 Å². The third-order valence-electron chi connectivity index (χ3n) is 2.79. The average molecular weight is 239 g/mol. The first-order valence-electron chi connectivity index (χ1n) is 6.27. The van der Waals surface area contributed by atoms with E-state index in [1.54, 1.807) is 7.05 Å². The lowest BCUT2D eigenvalue weighted by Crippen LogP contribution is -2.37. The van der Waals surface area contributed by atoms with Crippen molar-refractivity contribution in [2.75, 3.05) is 13.6 Å². The smallest absolute Gasteiger partial charge is 0.267 e. The van der Waals surface area contributed by atoms with E-state index in [4.69, 9.17) is 0 Å². The quantitative estimate of drug-likeness (QED) is 0.710. The third-order valence-corrected chi connectivity index (χ3v) is 2.79. The minimum atomic E-state index is -0.138. The fourth-order valence-corrected chi connectivity index (χ4v) is 1.69. The van der Waals surface area contributed by atoms with Gasteiger partial charge in [-0.05, 0) is 6.42 Å². The van der Waals surface area contributed by atoms with E-state index in [1.165, 1.54) is 17.9 Å². The van der Waals surface area contributed by atoms with E-state index in [0.29, 0.717) is 25.1 Å². The Hall–Kier alpha value is -1.39. The maximum atomic E-state index is 11.7. The summed E-state index contributed by atoms with van der Waals surface area (Å²) in [5.74, 6) is -0.176. The van der Waals surface area contributed by atoms with Gasteiger partial charge in [0.15, 0.2) is 0 Å². The van der Waals surface area contributed by atoms with E-state index < -0.39 is 0 Å². The third kappa shape index (κ3) is 4.54. The van der Waals surface area contributed by atoms with E-state index >= 15 is 0 Å². The maximum Gasteiger partial charge on any atom is 0.267 e. The fraction of sp³-hybridized carbons (Fsp3) is 0.750. The summed E-state index contributed by atoms with van der Waals surface area (Å²) in [6.07, 6.45) is 5.35. The summed E-state index contributed by atoms with van der Waals surface area (Å²) in [5, 5.41) is 8.05. The van der Waals surface area contributed by atoms with Crippen molar-refractivity contribution >= 4 is 17.5 Å². The fourth-order valence-electron chi connectivity index (χ4n) is 1.69. The van der Waals surface area contributed by atoms with Crippen molar-refractivity contribution in [3.8, 4) is 0 Å². The Morgan fingerprint density at radius 1 is 1.35 bits per heavy atom. The Morgan fingerprint density at radius 2 is 2.12 bits per heavy atom. The van der Waals surface area contributed by atoms with Crippen LogP contribution >= 0.6 is 0 Å². The van der Waals surface area contributed by atoms with E-state index in [1.807, 2.05) is 0 Å². The molecular weight excluding hydrogens is 218 g/mol. The zero-order valence-corrected chi connectivity index (χ0v) is 10.7. The number of unbranched alkanes of at least 4 members (excludes halogenated alkanes) is 3. The number of hydrogen-bond donors (Lipinski definition) is 1. The van der Waals surface area contributed by atoms with Gasteiger partial charge in [-0.3, -0.25) is 9.59 Å². The first-order valence-corrected chi connectivity index (χ1v) is 6.27. The normalized spacial score (nSPS) is 15.8. The Morgan fingerprint density at radius 3 is 2.76 bits per heavy atom. The number of carbonyl (C=O) groups excluding carboxylic acids is 2. The summed E-state index contributed by atoms with van der Waals surface area (Å²) >= 11 is 0. The Labute approximate surface area is 102 Å². The number of hydrogen-bond acceptors (Lipinski definition) is 3. The largest absolute Gasteiger partial charge is 0.351 e. The number of nitrogens with one attached hydrogen (secondary N) is 1. The molecule has 1 rings (SSSR count). The van der Waals surface area contributed by atoms with E-state index in [2.05, 4.69) is 17.3 Å². The van der Waals surface area contributed by atoms with Crippen LogP contribution in [-0.4, -0.2) is 36.1 Å². The molecule has 0 spiro atoms. The minimum absolute atomic E-state index is 0.0375. The number of amides is 2. The van der Waals surface area contributed by atoms with Crippen LogP contribution in [0.5, 0.6) is 0 Å². The van der Waals surface area contributed by atoms with Gasteiger partial charge >= 0.3 is 0 Å². The lowest BCUT2D eigenvalue weighted by molar-refractivity contribution is -0.130. The van der Waals surface area contributed by atoms with Crippen LogP contribution < -0.4 is 5.32 Å². The molecule has 2 amide bonds. The second-order valence-corrected chi connectivity index (χ2v) is 4.28. The van der Waals surface area contributed by atoms with Gasteiger partial charge in [0.25, 0.3) is 5.91 Å². The zero-order chi connectivity index (χ0) is 12.7. The highest BCUT2D eigenvalue weighted by atomic mass is 16.2. The predicted molar refractivity (Wildman–Crippen MR) is 66.6 cm³/mol. The van der Waals surface area contributed by atoms with Gasteiger partial charge in [0.2, 0.25) is 5.91 Å². The molecule has 0 aliphatic carbocycles. The molecule has 1 aliphatic heterocycles. The summed E-state index contributed by atoms with van der Waals surface area (Å²) in [5.41, 5.74) is 0.461. The first-order chi connectivity index (χ1) is 8.15. The summed E-state index contributed by atoms with van der Waals surface area (Å²) in [7, 11) is 1.58. The molecule has 17 heavy (non-hydrogen) atoms. The number of nitrogens with zero attached hydrogens (tertiary/aromatic N) is 2. The van der Waals surface area contributed by atoms with Crippen molar-refractivity contribution in [1.29, 1.82) is 0 Å². The molecule has 96 valence electrons. The lowest BCUT2D eigenvalue weighted by Gasteiger charge is -2.18. The summed E-state index contributed by atoms with van der Waals surface area (Å²) in [4.78, 5) is 22.9. The summed E-state index contributed by atoms with van der Waals surface area (Å²) in [6.45, 7) is 2.84. The lowest BCUT2D eigenvalue weighted by atomic mass is 10.1. The molecule has 5 heteroatoms. The molecule has 0 fully saturated rings. The van der Waals surface area contributed by atoms with E-state index in [9.17, 15) is 9.59 Å². The van der Waals surface area contributed by atoms with Crippen LogP contribution in [0, 0.1) is 0 Å². The van der Waals surface area contributed by atoms with E-state index in [0.717, 1.165) is 12.8 Å². The van der Waals surface area contributed by atoms with Crippen molar-refractivity contribution in [3.05, 3.63) is 0 Å². The van der Waals surface area contributed by atoms with Gasteiger partial charge in [0.05, 0.1) is 0 Å². The number of carbonyl (C=O) groups is 2. The topological polar surface area (TPSA) is 61.8 Å². The van der Waals surface area contributed by atoms with Crippen LogP contribution in [0.2, 0.25) is 0 Å². The predicted octanol–water partition coefficient (Wildman–Crippen LogP) is 1.29. The highest BCUT2D eigenvalue weighted by Crippen LogP contribution is 2.07. The first kappa shape index (κ1) is 13.7. The van der Waals surface area contributed by atoms with Crippen LogP contribution in [0.1, 0.15) is 45.4 Å².